The summed E-state index contributed by atoms with van der Waals surface area (Å²) >= 11 is 0. The van der Waals surface area contributed by atoms with Gasteiger partial charge in [-0.2, -0.15) is 5.10 Å². The molecule has 0 saturated heterocycles. The highest BCUT2D eigenvalue weighted by Gasteiger charge is 2.17. The standard InChI is InChI=1S/C23H23FN4O2/c1-15(21-13-25-28(16(21)2)19-6-4-18(24)5-7-19)26-23(29)14-27-11-10-17-12-20(30-3)8-9-22(17)27/h4-13,15H,14H2,1-3H3,(H,26,29). The Hall–Kier alpha value is -3.61. The molecule has 4 aromatic rings. The SMILES string of the molecule is COc1ccc2c(ccn2CC(=O)NC(C)c2cnn(-c3ccc(F)cc3)c2C)c1. The highest BCUT2D eigenvalue weighted by atomic mass is 19.1. The van der Waals surface area contributed by atoms with Crippen molar-refractivity contribution in [3.05, 3.63) is 78.0 Å². The number of methoxy groups -OCH3 is 1. The zero-order chi connectivity index (χ0) is 21.3. The average molecular weight is 406 g/mol. The highest BCUT2D eigenvalue weighted by Crippen LogP contribution is 2.23. The van der Waals surface area contributed by atoms with Gasteiger partial charge in [0.15, 0.2) is 0 Å². The molecule has 2 aromatic heterocycles. The molecule has 0 bridgehead atoms. The van der Waals surface area contributed by atoms with Gasteiger partial charge in [0.1, 0.15) is 18.1 Å². The van der Waals surface area contributed by atoms with Crippen LogP contribution in [0.2, 0.25) is 0 Å². The van der Waals surface area contributed by atoms with E-state index < -0.39 is 0 Å². The maximum Gasteiger partial charge on any atom is 0.240 e. The van der Waals surface area contributed by atoms with Crippen LogP contribution >= 0.6 is 0 Å². The molecule has 6 nitrogen and oxygen atoms in total. The molecule has 2 heterocycles. The number of halogens is 1. The largest absolute Gasteiger partial charge is 0.497 e. The van der Waals surface area contributed by atoms with Gasteiger partial charge in [-0.15, -0.1) is 0 Å². The lowest BCUT2D eigenvalue weighted by atomic mass is 10.1. The molecule has 0 saturated carbocycles. The zero-order valence-electron chi connectivity index (χ0n) is 17.1. The van der Waals surface area contributed by atoms with Crippen molar-refractivity contribution in [2.75, 3.05) is 7.11 Å². The van der Waals surface area contributed by atoms with E-state index >= 15 is 0 Å². The third-order valence-corrected chi connectivity index (χ3v) is 5.26. The number of benzene rings is 2. The molecule has 0 fully saturated rings. The first-order chi connectivity index (χ1) is 14.5. The van der Waals surface area contributed by atoms with E-state index in [2.05, 4.69) is 10.4 Å². The van der Waals surface area contributed by atoms with Crippen molar-refractivity contribution in [1.82, 2.24) is 19.7 Å². The van der Waals surface area contributed by atoms with Crippen LogP contribution in [0.3, 0.4) is 0 Å². The molecule has 1 amide bonds. The number of nitrogens with zero attached hydrogens (tertiary/aromatic N) is 3. The van der Waals surface area contributed by atoms with Crippen LogP contribution in [0.25, 0.3) is 16.6 Å². The van der Waals surface area contributed by atoms with Crippen molar-refractivity contribution < 1.29 is 13.9 Å². The van der Waals surface area contributed by atoms with Crippen LogP contribution < -0.4 is 10.1 Å². The molecule has 30 heavy (non-hydrogen) atoms. The monoisotopic (exact) mass is 406 g/mol. The highest BCUT2D eigenvalue weighted by molar-refractivity contribution is 5.84. The lowest BCUT2D eigenvalue weighted by Gasteiger charge is -2.15. The second-order valence-electron chi connectivity index (χ2n) is 7.23. The second-order valence-corrected chi connectivity index (χ2v) is 7.23. The van der Waals surface area contributed by atoms with Crippen LogP contribution in [-0.2, 0) is 11.3 Å². The summed E-state index contributed by atoms with van der Waals surface area (Å²) in [5.41, 5.74) is 3.55. The van der Waals surface area contributed by atoms with E-state index in [1.54, 1.807) is 30.1 Å². The van der Waals surface area contributed by atoms with Gasteiger partial charge in [0.2, 0.25) is 5.91 Å². The number of rotatable bonds is 6. The molecule has 0 aliphatic carbocycles. The first-order valence-corrected chi connectivity index (χ1v) is 9.69. The molecule has 2 aromatic carbocycles. The minimum atomic E-state index is -0.291. The summed E-state index contributed by atoms with van der Waals surface area (Å²) in [5, 5.41) is 8.46. The summed E-state index contributed by atoms with van der Waals surface area (Å²) in [4.78, 5) is 12.7. The summed E-state index contributed by atoms with van der Waals surface area (Å²) < 4.78 is 22.1. The normalized spacial score (nSPS) is 12.1. The molecule has 7 heteroatoms. The molecule has 1 atom stereocenters. The van der Waals surface area contributed by atoms with Crippen LogP contribution in [0.1, 0.15) is 24.2 Å². The Morgan fingerprint density at radius 3 is 2.70 bits per heavy atom. The summed E-state index contributed by atoms with van der Waals surface area (Å²) in [6.07, 6.45) is 3.63. The molecule has 0 spiro atoms. The number of fused-ring (bicyclic) bond motifs is 1. The van der Waals surface area contributed by atoms with Crippen LogP contribution in [0.15, 0.2) is 60.9 Å². The van der Waals surface area contributed by atoms with E-state index in [4.69, 9.17) is 4.74 Å². The van der Waals surface area contributed by atoms with Gasteiger partial charge in [-0.05, 0) is 62.4 Å². The Balaban J connectivity index is 1.47. The van der Waals surface area contributed by atoms with Gasteiger partial charge in [-0.3, -0.25) is 4.79 Å². The third kappa shape index (κ3) is 3.78. The number of hydrogen-bond acceptors (Lipinski definition) is 3. The quantitative estimate of drug-likeness (QED) is 0.523. The number of hydrogen-bond donors (Lipinski definition) is 1. The maximum atomic E-state index is 13.2. The lowest BCUT2D eigenvalue weighted by molar-refractivity contribution is -0.122. The van der Waals surface area contributed by atoms with Crippen molar-refractivity contribution in [3.63, 3.8) is 0 Å². The average Bonchev–Trinajstić information content (AvgIpc) is 3.31. The Morgan fingerprint density at radius 2 is 1.97 bits per heavy atom. The topological polar surface area (TPSA) is 61.1 Å². The van der Waals surface area contributed by atoms with Crippen molar-refractivity contribution >= 4 is 16.8 Å². The van der Waals surface area contributed by atoms with Crippen molar-refractivity contribution in [2.24, 2.45) is 0 Å². The van der Waals surface area contributed by atoms with E-state index in [1.807, 2.05) is 48.9 Å². The summed E-state index contributed by atoms with van der Waals surface area (Å²) in [6, 6.07) is 13.7. The van der Waals surface area contributed by atoms with Crippen molar-refractivity contribution in [3.8, 4) is 11.4 Å². The van der Waals surface area contributed by atoms with Gasteiger partial charge in [-0.1, -0.05) is 0 Å². The molecule has 0 aliphatic rings. The predicted octanol–water partition coefficient (Wildman–Crippen LogP) is 4.16. The number of nitrogens with one attached hydrogen (secondary N) is 1. The molecule has 154 valence electrons. The number of amides is 1. The maximum absolute atomic E-state index is 13.2. The Bertz CT molecular complexity index is 1190. The van der Waals surface area contributed by atoms with Gasteiger partial charge in [0.05, 0.1) is 25.0 Å². The summed E-state index contributed by atoms with van der Waals surface area (Å²) in [6.45, 7) is 4.07. The van der Waals surface area contributed by atoms with Gasteiger partial charge in [-0.25, -0.2) is 9.07 Å². The van der Waals surface area contributed by atoms with Crippen LogP contribution in [0, 0.1) is 12.7 Å². The summed E-state index contributed by atoms with van der Waals surface area (Å²) in [5.74, 6) is 0.400. The van der Waals surface area contributed by atoms with Gasteiger partial charge >= 0.3 is 0 Å². The second kappa shape index (κ2) is 8.02. The Labute approximate surface area is 173 Å². The van der Waals surface area contributed by atoms with Gasteiger partial charge < -0.3 is 14.6 Å². The fraction of sp³-hybridized carbons (Fsp3) is 0.217. The molecule has 4 rings (SSSR count). The first kappa shape index (κ1) is 19.7. The van der Waals surface area contributed by atoms with E-state index in [-0.39, 0.29) is 24.3 Å². The van der Waals surface area contributed by atoms with Crippen molar-refractivity contribution in [2.45, 2.75) is 26.4 Å². The molecule has 0 radical (unpaired) electrons. The lowest BCUT2D eigenvalue weighted by Crippen LogP contribution is -2.30. The molecule has 1 N–H and O–H groups in total. The number of carbonyl (C=O) groups excluding carboxylic acids is 1. The van der Waals surface area contributed by atoms with Crippen LogP contribution in [0.5, 0.6) is 5.75 Å². The molecule has 0 aliphatic heterocycles. The fourth-order valence-corrected chi connectivity index (χ4v) is 3.65. The summed E-state index contributed by atoms with van der Waals surface area (Å²) in [7, 11) is 1.63. The van der Waals surface area contributed by atoms with Crippen LogP contribution in [-0.4, -0.2) is 27.4 Å². The van der Waals surface area contributed by atoms with E-state index in [0.29, 0.717) is 0 Å². The smallest absolute Gasteiger partial charge is 0.240 e. The predicted molar refractivity (Wildman–Crippen MR) is 113 cm³/mol. The van der Waals surface area contributed by atoms with E-state index in [9.17, 15) is 9.18 Å². The molecular weight excluding hydrogens is 383 g/mol. The van der Waals surface area contributed by atoms with E-state index in [0.717, 1.165) is 33.6 Å². The van der Waals surface area contributed by atoms with Gasteiger partial charge in [0, 0.05) is 28.4 Å². The minimum Gasteiger partial charge on any atom is -0.497 e. The van der Waals surface area contributed by atoms with Crippen LogP contribution in [0.4, 0.5) is 4.39 Å². The van der Waals surface area contributed by atoms with E-state index in [1.165, 1.54) is 12.1 Å². The number of ether oxygens (including phenoxy) is 1. The fourth-order valence-electron chi connectivity index (χ4n) is 3.65. The third-order valence-electron chi connectivity index (χ3n) is 5.26. The zero-order valence-corrected chi connectivity index (χ0v) is 17.1. The minimum absolute atomic E-state index is 0.0928. The first-order valence-electron chi connectivity index (χ1n) is 9.69. The van der Waals surface area contributed by atoms with Gasteiger partial charge in [0.25, 0.3) is 0 Å². The molecular formula is C23H23FN4O2. The number of aromatic nitrogens is 3. The number of carbonyl (C=O) groups is 1. The van der Waals surface area contributed by atoms with Crippen molar-refractivity contribution in [1.29, 1.82) is 0 Å². The molecule has 1 unspecified atom stereocenters. The Kier molecular flexibility index (Phi) is 5.27. The Morgan fingerprint density at radius 1 is 1.20 bits per heavy atom.